The largest absolute Gasteiger partial charge is 0.481 e. The summed E-state index contributed by atoms with van der Waals surface area (Å²) in [7, 11) is 3.32. The molecule has 2 heterocycles. The average Bonchev–Trinajstić information content (AvgIpc) is 3.36. The number of ether oxygens (including phenoxy) is 1. The third kappa shape index (κ3) is 5.21. The maximum Gasteiger partial charge on any atom is 0.268 e. The molecule has 2 aliphatic rings. The minimum absolute atomic E-state index is 0.0252. The molecule has 1 atom stereocenters. The summed E-state index contributed by atoms with van der Waals surface area (Å²) in [4.78, 5) is 54.7. The molecule has 8 nitrogen and oxygen atoms in total. The highest BCUT2D eigenvalue weighted by atomic mass is 16.5. The fourth-order valence-electron chi connectivity index (χ4n) is 4.33. The second kappa shape index (κ2) is 10.3. The van der Waals surface area contributed by atoms with Crippen LogP contribution in [0.25, 0.3) is 0 Å². The number of ketones is 1. The summed E-state index contributed by atoms with van der Waals surface area (Å²) in [5.74, 6) is 0.141. The molecule has 0 radical (unpaired) electrons. The molecule has 2 aromatic rings. The third-order valence-electron chi connectivity index (χ3n) is 6.48. The SMILES string of the molecule is CCCCC(=O)c1ccc(O[C@@H]2CCN(c3ccc4c(c3)C(=O)N(CC(=O)N(C)C)C4)C2=O)cc1. The Bertz CT molecular complexity index is 1140. The maximum absolute atomic E-state index is 13.1. The number of hydrogen-bond acceptors (Lipinski definition) is 5. The van der Waals surface area contributed by atoms with E-state index in [9.17, 15) is 19.2 Å². The van der Waals surface area contributed by atoms with Crippen LogP contribution >= 0.6 is 0 Å². The first kappa shape index (κ1) is 24.4. The second-order valence-corrected chi connectivity index (χ2v) is 9.23. The van der Waals surface area contributed by atoms with Gasteiger partial charge >= 0.3 is 0 Å². The number of likely N-dealkylation sites (N-methyl/N-ethyl adjacent to an activating group) is 1. The van der Waals surface area contributed by atoms with Gasteiger partial charge in [0.2, 0.25) is 5.91 Å². The molecule has 1 fully saturated rings. The molecule has 1 saturated heterocycles. The van der Waals surface area contributed by atoms with Gasteiger partial charge in [-0.3, -0.25) is 19.2 Å². The Kier molecular flexibility index (Phi) is 7.19. The van der Waals surface area contributed by atoms with Gasteiger partial charge in [0.05, 0.1) is 0 Å². The molecule has 0 unspecified atom stereocenters. The van der Waals surface area contributed by atoms with Gasteiger partial charge in [0.15, 0.2) is 11.9 Å². The number of benzene rings is 2. The quantitative estimate of drug-likeness (QED) is 0.518. The number of anilines is 1. The van der Waals surface area contributed by atoms with E-state index in [1.807, 2.05) is 12.1 Å². The van der Waals surface area contributed by atoms with Crippen LogP contribution in [-0.4, -0.2) is 66.6 Å². The third-order valence-corrected chi connectivity index (χ3v) is 6.48. The zero-order valence-corrected chi connectivity index (χ0v) is 20.5. The summed E-state index contributed by atoms with van der Waals surface area (Å²) < 4.78 is 5.93. The number of amides is 3. The number of rotatable bonds is 9. The van der Waals surface area contributed by atoms with Gasteiger partial charge in [-0.2, -0.15) is 0 Å². The van der Waals surface area contributed by atoms with E-state index in [4.69, 9.17) is 4.74 Å². The lowest BCUT2D eigenvalue weighted by Gasteiger charge is -2.18. The van der Waals surface area contributed by atoms with Gasteiger partial charge in [0, 0.05) is 56.8 Å². The summed E-state index contributed by atoms with van der Waals surface area (Å²) in [6, 6.07) is 12.3. The first-order valence-electron chi connectivity index (χ1n) is 12.0. The number of fused-ring (bicyclic) bond motifs is 1. The predicted octanol–water partition coefficient (Wildman–Crippen LogP) is 3.29. The summed E-state index contributed by atoms with van der Waals surface area (Å²) in [6.07, 6.45) is 2.25. The van der Waals surface area contributed by atoms with Crippen LogP contribution in [0.5, 0.6) is 5.75 Å². The van der Waals surface area contributed by atoms with Crippen LogP contribution in [0.4, 0.5) is 5.69 Å². The van der Waals surface area contributed by atoms with Gasteiger partial charge in [0.25, 0.3) is 11.8 Å². The Morgan fingerprint density at radius 2 is 1.83 bits per heavy atom. The number of Topliss-reactive ketones (excluding diaryl/α,β-unsaturated/α-hetero) is 1. The van der Waals surface area contributed by atoms with E-state index in [1.165, 1.54) is 9.80 Å². The minimum Gasteiger partial charge on any atom is -0.481 e. The number of carbonyl (C=O) groups is 4. The fraction of sp³-hybridized carbons (Fsp3) is 0.407. The van der Waals surface area contributed by atoms with Gasteiger partial charge in [0.1, 0.15) is 12.3 Å². The van der Waals surface area contributed by atoms with Gasteiger partial charge in [-0.05, 0) is 48.4 Å². The van der Waals surface area contributed by atoms with E-state index in [0.717, 1.165) is 18.4 Å². The lowest BCUT2D eigenvalue weighted by molar-refractivity contribution is -0.129. The molecule has 2 aliphatic heterocycles. The molecule has 0 aliphatic carbocycles. The van der Waals surface area contributed by atoms with Crippen molar-refractivity contribution in [3.05, 3.63) is 59.2 Å². The van der Waals surface area contributed by atoms with Crippen molar-refractivity contribution in [1.82, 2.24) is 9.80 Å². The highest BCUT2D eigenvalue weighted by Gasteiger charge is 2.36. The Balaban J connectivity index is 1.40. The standard InChI is InChI=1S/C27H31N3O5/c1-4-5-6-23(31)18-8-11-21(12-9-18)35-24-13-14-30(27(24)34)20-10-7-19-16-29(17-25(32)28(2)3)26(33)22(19)15-20/h7-12,15,24H,4-6,13-14,16-17H2,1-3H3/t24-/m1/s1. The normalized spacial score (nSPS) is 17.1. The highest BCUT2D eigenvalue weighted by Crippen LogP contribution is 2.30. The van der Waals surface area contributed by atoms with Crippen LogP contribution in [0.3, 0.4) is 0 Å². The lowest BCUT2D eigenvalue weighted by atomic mass is 10.1. The van der Waals surface area contributed by atoms with E-state index in [0.29, 0.717) is 48.5 Å². The average molecular weight is 478 g/mol. The summed E-state index contributed by atoms with van der Waals surface area (Å²) in [5, 5.41) is 0. The fourth-order valence-corrected chi connectivity index (χ4v) is 4.33. The van der Waals surface area contributed by atoms with Gasteiger partial charge in [-0.25, -0.2) is 0 Å². The van der Waals surface area contributed by atoms with E-state index < -0.39 is 6.10 Å². The van der Waals surface area contributed by atoms with Crippen LogP contribution in [0.1, 0.15) is 58.9 Å². The van der Waals surface area contributed by atoms with Crippen molar-refractivity contribution in [2.24, 2.45) is 0 Å². The van der Waals surface area contributed by atoms with Crippen LogP contribution in [0.15, 0.2) is 42.5 Å². The summed E-state index contributed by atoms with van der Waals surface area (Å²) in [5.41, 5.74) is 2.66. The molecular weight excluding hydrogens is 446 g/mol. The van der Waals surface area contributed by atoms with E-state index in [-0.39, 0.29) is 30.0 Å². The predicted molar refractivity (Wildman–Crippen MR) is 132 cm³/mol. The topological polar surface area (TPSA) is 87.2 Å². The van der Waals surface area contributed by atoms with Crippen LogP contribution in [0, 0.1) is 0 Å². The number of hydrogen-bond donors (Lipinski definition) is 0. The van der Waals surface area contributed by atoms with Crippen molar-refractivity contribution in [3.8, 4) is 5.75 Å². The van der Waals surface area contributed by atoms with Crippen molar-refractivity contribution < 1.29 is 23.9 Å². The van der Waals surface area contributed by atoms with Crippen molar-refractivity contribution >= 4 is 29.2 Å². The Labute approximate surface area is 205 Å². The molecule has 0 aromatic heterocycles. The molecule has 2 aromatic carbocycles. The Morgan fingerprint density at radius 3 is 2.51 bits per heavy atom. The molecule has 8 heteroatoms. The molecular formula is C27H31N3O5. The smallest absolute Gasteiger partial charge is 0.268 e. The van der Waals surface area contributed by atoms with Gasteiger partial charge < -0.3 is 19.4 Å². The number of carbonyl (C=O) groups excluding carboxylic acids is 4. The van der Waals surface area contributed by atoms with Crippen LogP contribution < -0.4 is 9.64 Å². The molecule has 4 rings (SSSR count). The summed E-state index contributed by atoms with van der Waals surface area (Å²) >= 11 is 0. The monoisotopic (exact) mass is 477 g/mol. The zero-order chi connectivity index (χ0) is 25.1. The lowest BCUT2D eigenvalue weighted by Crippen LogP contribution is -2.36. The number of unbranched alkanes of at least 4 members (excludes halogenated alkanes) is 1. The minimum atomic E-state index is -0.630. The Morgan fingerprint density at radius 1 is 1.09 bits per heavy atom. The second-order valence-electron chi connectivity index (χ2n) is 9.23. The van der Waals surface area contributed by atoms with Gasteiger partial charge in [-0.15, -0.1) is 0 Å². The Hall–Kier alpha value is -3.68. The first-order chi connectivity index (χ1) is 16.8. The molecule has 0 N–H and O–H groups in total. The molecule has 0 bridgehead atoms. The van der Waals surface area contributed by atoms with Crippen molar-refractivity contribution in [2.75, 3.05) is 32.1 Å². The van der Waals surface area contributed by atoms with Crippen LogP contribution in [-0.2, 0) is 16.1 Å². The van der Waals surface area contributed by atoms with E-state index in [1.54, 1.807) is 49.3 Å². The van der Waals surface area contributed by atoms with E-state index in [2.05, 4.69) is 6.92 Å². The molecule has 35 heavy (non-hydrogen) atoms. The van der Waals surface area contributed by atoms with Crippen molar-refractivity contribution in [3.63, 3.8) is 0 Å². The maximum atomic E-state index is 13.1. The molecule has 0 spiro atoms. The van der Waals surface area contributed by atoms with E-state index >= 15 is 0 Å². The van der Waals surface area contributed by atoms with Crippen LogP contribution in [0.2, 0.25) is 0 Å². The van der Waals surface area contributed by atoms with Crippen molar-refractivity contribution in [2.45, 2.75) is 45.3 Å². The van der Waals surface area contributed by atoms with Crippen molar-refractivity contribution in [1.29, 1.82) is 0 Å². The molecule has 0 saturated carbocycles. The zero-order valence-electron chi connectivity index (χ0n) is 20.5. The number of nitrogens with zero attached hydrogens (tertiary/aromatic N) is 3. The van der Waals surface area contributed by atoms with Gasteiger partial charge in [-0.1, -0.05) is 19.4 Å². The first-order valence-corrected chi connectivity index (χ1v) is 12.0. The molecule has 184 valence electrons. The molecule has 3 amide bonds. The highest BCUT2D eigenvalue weighted by molar-refractivity contribution is 6.04. The summed E-state index contributed by atoms with van der Waals surface area (Å²) in [6.45, 7) is 2.94.